The Balaban J connectivity index is 1.32. The van der Waals surface area contributed by atoms with Crippen LogP contribution in [0.5, 0.6) is 0 Å². The van der Waals surface area contributed by atoms with Gasteiger partial charge in [-0.3, -0.25) is 14.3 Å². The highest BCUT2D eigenvalue weighted by Gasteiger charge is 2.13. The summed E-state index contributed by atoms with van der Waals surface area (Å²) >= 11 is 1.64. The van der Waals surface area contributed by atoms with Crippen LogP contribution in [0.25, 0.3) is 4.96 Å². The molecule has 0 atom stereocenters. The van der Waals surface area contributed by atoms with Crippen LogP contribution in [0.4, 0.5) is 0 Å². The highest BCUT2D eigenvalue weighted by atomic mass is 32.1. The average molecular weight is 399 g/mol. The van der Waals surface area contributed by atoms with E-state index in [9.17, 15) is 0 Å². The van der Waals surface area contributed by atoms with Crippen LogP contribution in [0.3, 0.4) is 0 Å². The lowest BCUT2D eigenvalue weighted by Gasteiger charge is -2.27. The van der Waals surface area contributed by atoms with Crippen molar-refractivity contribution >= 4 is 22.3 Å². The molecule has 0 radical (unpaired) electrons. The number of aromatic nitrogens is 2. The summed E-state index contributed by atoms with van der Waals surface area (Å²) in [6, 6.07) is 8.59. The van der Waals surface area contributed by atoms with Crippen LogP contribution in [0.15, 0.2) is 47.0 Å². The van der Waals surface area contributed by atoms with Gasteiger partial charge in [0.05, 0.1) is 25.5 Å². The van der Waals surface area contributed by atoms with Gasteiger partial charge in [-0.05, 0) is 11.1 Å². The molecule has 28 heavy (non-hydrogen) atoms. The van der Waals surface area contributed by atoms with Crippen LogP contribution in [0, 0.1) is 0 Å². The molecule has 2 N–H and O–H groups in total. The van der Waals surface area contributed by atoms with E-state index in [1.807, 2.05) is 22.2 Å². The summed E-state index contributed by atoms with van der Waals surface area (Å²) in [4.78, 5) is 12.4. The summed E-state index contributed by atoms with van der Waals surface area (Å²) in [7, 11) is 1.79. The summed E-state index contributed by atoms with van der Waals surface area (Å²) in [5, 5.41) is 8.81. The third-order valence-electron chi connectivity index (χ3n) is 4.87. The molecule has 1 fully saturated rings. The van der Waals surface area contributed by atoms with E-state index in [0.29, 0.717) is 6.54 Å². The van der Waals surface area contributed by atoms with Crippen LogP contribution < -0.4 is 10.6 Å². The Morgan fingerprint density at radius 2 is 1.96 bits per heavy atom. The van der Waals surface area contributed by atoms with Crippen molar-refractivity contribution in [3.8, 4) is 0 Å². The average Bonchev–Trinajstić information content (AvgIpc) is 3.32. The fraction of sp³-hybridized carbons (Fsp3) is 0.400. The molecule has 0 unspecified atom stereocenters. The van der Waals surface area contributed by atoms with Gasteiger partial charge >= 0.3 is 0 Å². The first-order valence-electron chi connectivity index (χ1n) is 9.54. The lowest BCUT2D eigenvalue weighted by Crippen LogP contribution is -2.37. The molecular formula is C20H26N6OS. The van der Waals surface area contributed by atoms with E-state index >= 15 is 0 Å². The number of guanidine groups is 1. The zero-order chi connectivity index (χ0) is 19.2. The lowest BCUT2D eigenvalue weighted by atomic mass is 10.1. The minimum atomic E-state index is 0.642. The van der Waals surface area contributed by atoms with E-state index < -0.39 is 0 Å². The Morgan fingerprint density at radius 1 is 1.18 bits per heavy atom. The van der Waals surface area contributed by atoms with Crippen molar-refractivity contribution in [3.63, 3.8) is 0 Å². The van der Waals surface area contributed by atoms with E-state index in [0.717, 1.165) is 56.0 Å². The van der Waals surface area contributed by atoms with Gasteiger partial charge in [-0.2, -0.15) is 0 Å². The van der Waals surface area contributed by atoms with Crippen molar-refractivity contribution in [2.24, 2.45) is 4.99 Å². The minimum Gasteiger partial charge on any atom is -0.379 e. The van der Waals surface area contributed by atoms with E-state index in [-0.39, 0.29) is 0 Å². The Hall–Kier alpha value is -2.42. The maximum absolute atomic E-state index is 5.45. The molecule has 0 amide bonds. The van der Waals surface area contributed by atoms with Gasteiger partial charge in [-0.1, -0.05) is 24.3 Å². The first-order valence-corrected chi connectivity index (χ1v) is 10.4. The quantitative estimate of drug-likeness (QED) is 0.492. The largest absolute Gasteiger partial charge is 0.379 e. The van der Waals surface area contributed by atoms with E-state index in [4.69, 9.17) is 4.74 Å². The molecule has 1 aliphatic heterocycles. The Kier molecular flexibility index (Phi) is 6.20. The summed E-state index contributed by atoms with van der Waals surface area (Å²) in [5.74, 6) is 0.775. The summed E-state index contributed by atoms with van der Waals surface area (Å²) in [5.41, 5.74) is 3.64. The van der Waals surface area contributed by atoms with Gasteiger partial charge < -0.3 is 15.4 Å². The van der Waals surface area contributed by atoms with Crippen molar-refractivity contribution in [3.05, 3.63) is 58.9 Å². The van der Waals surface area contributed by atoms with Crippen molar-refractivity contribution in [1.82, 2.24) is 24.9 Å². The number of nitrogens with zero attached hydrogens (tertiary/aromatic N) is 4. The number of ether oxygens (including phenoxy) is 1. The fourth-order valence-corrected chi connectivity index (χ4v) is 4.04. The topological polar surface area (TPSA) is 66.2 Å². The van der Waals surface area contributed by atoms with E-state index in [2.05, 4.69) is 49.8 Å². The first-order chi connectivity index (χ1) is 13.8. The smallest absolute Gasteiger partial charge is 0.193 e. The second kappa shape index (κ2) is 9.18. The third kappa shape index (κ3) is 4.70. The van der Waals surface area contributed by atoms with Crippen LogP contribution in [0.1, 0.15) is 16.8 Å². The molecule has 4 rings (SSSR count). The van der Waals surface area contributed by atoms with Gasteiger partial charge in [0.1, 0.15) is 0 Å². The molecule has 7 nitrogen and oxygen atoms in total. The Labute approximate surface area is 169 Å². The summed E-state index contributed by atoms with van der Waals surface area (Å²) in [6.45, 7) is 5.96. The number of benzene rings is 1. The molecule has 0 spiro atoms. The SMILES string of the molecule is CN=C(NCc1cn2ccsc2n1)NCc1ccccc1CN1CCOCC1. The maximum atomic E-state index is 5.45. The molecule has 1 aliphatic rings. The van der Waals surface area contributed by atoms with Gasteiger partial charge in [-0.25, -0.2) is 4.98 Å². The normalized spacial score (nSPS) is 15.8. The van der Waals surface area contributed by atoms with Gasteiger partial charge in [0.2, 0.25) is 0 Å². The van der Waals surface area contributed by atoms with Crippen molar-refractivity contribution in [1.29, 1.82) is 0 Å². The molecule has 8 heteroatoms. The first kappa shape index (κ1) is 18.9. The second-order valence-corrected chi connectivity index (χ2v) is 7.63. The van der Waals surface area contributed by atoms with Gasteiger partial charge in [0, 0.05) is 51.0 Å². The second-order valence-electron chi connectivity index (χ2n) is 6.76. The number of imidazole rings is 1. The predicted molar refractivity (Wildman–Crippen MR) is 113 cm³/mol. The summed E-state index contributed by atoms with van der Waals surface area (Å²) < 4.78 is 7.50. The number of morpholine rings is 1. The molecule has 1 aromatic carbocycles. The van der Waals surface area contributed by atoms with Crippen LogP contribution in [0.2, 0.25) is 0 Å². The number of fused-ring (bicyclic) bond motifs is 1. The fourth-order valence-electron chi connectivity index (χ4n) is 3.32. The maximum Gasteiger partial charge on any atom is 0.193 e. The van der Waals surface area contributed by atoms with Crippen LogP contribution in [-0.4, -0.2) is 53.6 Å². The predicted octanol–water partition coefficient (Wildman–Crippen LogP) is 2.09. The molecule has 1 saturated heterocycles. The summed E-state index contributed by atoms with van der Waals surface area (Å²) in [6.07, 6.45) is 4.07. The van der Waals surface area contributed by atoms with E-state index in [1.54, 1.807) is 18.4 Å². The van der Waals surface area contributed by atoms with Crippen molar-refractivity contribution in [2.75, 3.05) is 33.4 Å². The number of thiazole rings is 1. The number of rotatable bonds is 6. The zero-order valence-corrected chi connectivity index (χ0v) is 16.9. The van der Waals surface area contributed by atoms with Crippen LogP contribution in [-0.2, 0) is 24.4 Å². The van der Waals surface area contributed by atoms with Gasteiger partial charge in [0.15, 0.2) is 10.9 Å². The zero-order valence-electron chi connectivity index (χ0n) is 16.1. The minimum absolute atomic E-state index is 0.642. The molecule has 0 bridgehead atoms. The molecule has 3 aromatic rings. The molecule has 3 heterocycles. The number of nitrogens with one attached hydrogen (secondary N) is 2. The van der Waals surface area contributed by atoms with Crippen molar-refractivity contribution < 1.29 is 4.74 Å². The molecular weight excluding hydrogens is 372 g/mol. The monoisotopic (exact) mass is 398 g/mol. The number of hydrogen-bond donors (Lipinski definition) is 2. The van der Waals surface area contributed by atoms with Gasteiger partial charge in [-0.15, -0.1) is 11.3 Å². The number of aliphatic imine (C=N–C) groups is 1. The molecule has 148 valence electrons. The Morgan fingerprint density at radius 3 is 2.75 bits per heavy atom. The third-order valence-corrected chi connectivity index (χ3v) is 5.64. The number of hydrogen-bond acceptors (Lipinski definition) is 5. The highest BCUT2D eigenvalue weighted by Crippen LogP contribution is 2.13. The highest BCUT2D eigenvalue weighted by molar-refractivity contribution is 7.15. The van der Waals surface area contributed by atoms with E-state index in [1.165, 1.54) is 11.1 Å². The van der Waals surface area contributed by atoms with Gasteiger partial charge in [0.25, 0.3) is 0 Å². The standard InChI is InChI=1S/C20H26N6OS/c1-21-19(23-13-18-15-26-8-11-28-20(26)24-18)22-12-16-4-2-3-5-17(16)14-25-6-9-27-10-7-25/h2-5,8,11,15H,6-7,9-10,12-14H2,1H3,(H2,21,22,23). The molecule has 0 saturated carbocycles. The van der Waals surface area contributed by atoms with Crippen LogP contribution >= 0.6 is 11.3 Å². The Bertz CT molecular complexity index is 899. The van der Waals surface area contributed by atoms with Crippen molar-refractivity contribution in [2.45, 2.75) is 19.6 Å². The molecule has 2 aromatic heterocycles. The molecule has 0 aliphatic carbocycles. The lowest BCUT2D eigenvalue weighted by molar-refractivity contribution is 0.0341.